The van der Waals surface area contributed by atoms with Gasteiger partial charge in [0.15, 0.2) is 0 Å². The monoisotopic (exact) mass is 475 g/mol. The predicted octanol–water partition coefficient (Wildman–Crippen LogP) is 3.76. The molecule has 190 valence electrons. The summed E-state index contributed by atoms with van der Waals surface area (Å²) in [5.74, 6) is 0.794. The van der Waals surface area contributed by atoms with E-state index in [2.05, 4.69) is 25.6 Å². The van der Waals surface area contributed by atoms with E-state index in [1.165, 1.54) is 0 Å². The van der Waals surface area contributed by atoms with E-state index in [1.54, 1.807) is 0 Å². The molecule has 0 saturated carbocycles. The first-order chi connectivity index (χ1) is 16.3. The molecular weight excluding hydrogens is 434 g/mol. The van der Waals surface area contributed by atoms with Crippen LogP contribution < -0.4 is 15.4 Å². The highest BCUT2D eigenvalue weighted by atomic mass is 16.5. The summed E-state index contributed by atoms with van der Waals surface area (Å²) in [4.78, 5) is 13.2. The summed E-state index contributed by atoms with van der Waals surface area (Å²) >= 11 is 0. The van der Waals surface area contributed by atoms with Crippen molar-refractivity contribution in [3.05, 3.63) is 46.3 Å². The quantitative estimate of drug-likeness (QED) is 0.202. The van der Waals surface area contributed by atoms with Crippen LogP contribution in [-0.2, 0) is 6.61 Å². The highest BCUT2D eigenvalue weighted by molar-refractivity contribution is 5.35. The second-order valence-electron chi connectivity index (χ2n) is 8.43. The van der Waals surface area contributed by atoms with Crippen molar-refractivity contribution in [2.24, 2.45) is 0 Å². The molecule has 0 fully saturated rings. The van der Waals surface area contributed by atoms with Crippen molar-refractivity contribution in [1.29, 1.82) is 0 Å². The summed E-state index contributed by atoms with van der Waals surface area (Å²) in [5.41, 5.74) is 1.01. The number of hydrogen-bond donors (Lipinski definition) is 2. The van der Waals surface area contributed by atoms with Crippen LogP contribution in [0.15, 0.2) is 30.3 Å². The maximum absolute atomic E-state index is 12.5. The summed E-state index contributed by atoms with van der Waals surface area (Å²) in [6.07, 6.45) is 1.41. The first kappa shape index (κ1) is 27.7. The Labute approximate surface area is 203 Å². The molecule has 0 saturated heterocycles. The molecule has 10 heteroatoms. The number of aromatic nitrogens is 3. The van der Waals surface area contributed by atoms with Crippen molar-refractivity contribution in [3.8, 4) is 6.01 Å². The molecule has 2 N–H and O–H groups in total. The number of rotatable bonds is 17. The van der Waals surface area contributed by atoms with Gasteiger partial charge >= 0.3 is 6.01 Å². The third-order valence-corrected chi connectivity index (χ3v) is 6.18. The number of hydrogen-bond acceptors (Lipinski definition) is 8. The molecule has 0 atom stereocenters. The Balaban J connectivity index is 1.99. The van der Waals surface area contributed by atoms with Gasteiger partial charge in [0.05, 0.1) is 39.3 Å². The van der Waals surface area contributed by atoms with Crippen molar-refractivity contribution in [3.63, 3.8) is 0 Å². The van der Waals surface area contributed by atoms with Crippen LogP contribution in [0.2, 0.25) is 0 Å². The van der Waals surface area contributed by atoms with Gasteiger partial charge in [-0.25, -0.2) is 0 Å². The van der Waals surface area contributed by atoms with Crippen molar-refractivity contribution >= 4 is 11.9 Å². The molecule has 1 heterocycles. The predicted molar refractivity (Wildman–Crippen MR) is 136 cm³/mol. The van der Waals surface area contributed by atoms with E-state index in [0.29, 0.717) is 83.7 Å². The third kappa shape index (κ3) is 9.38. The molecule has 0 aliphatic heterocycles. The minimum atomic E-state index is -0.202. The largest absolute Gasteiger partial charge is 0.633 e. The van der Waals surface area contributed by atoms with E-state index in [4.69, 9.17) is 4.74 Å². The van der Waals surface area contributed by atoms with Crippen molar-refractivity contribution in [2.75, 3.05) is 63.0 Å². The van der Waals surface area contributed by atoms with Gasteiger partial charge in [0.2, 0.25) is 11.9 Å². The zero-order chi connectivity index (χ0) is 24.9. The molecular formula is C24H41N7O3. The first-order valence-electron chi connectivity index (χ1n) is 12.4. The lowest BCUT2D eigenvalue weighted by molar-refractivity contribution is -0.877. The Bertz CT molecular complexity index is 786. The van der Waals surface area contributed by atoms with E-state index in [-0.39, 0.29) is 15.3 Å². The van der Waals surface area contributed by atoms with Gasteiger partial charge in [-0.15, -0.1) is 0 Å². The lowest BCUT2D eigenvalue weighted by Crippen LogP contribution is -2.43. The number of quaternary nitrogens is 2. The molecule has 0 amide bonds. The zero-order valence-corrected chi connectivity index (χ0v) is 21.1. The van der Waals surface area contributed by atoms with Crippen LogP contribution in [0, 0.1) is 10.4 Å². The molecule has 0 spiro atoms. The van der Waals surface area contributed by atoms with Gasteiger partial charge in [-0.1, -0.05) is 30.3 Å². The fraction of sp³-hybridized carbons (Fsp3) is 0.625. The summed E-state index contributed by atoms with van der Waals surface area (Å²) in [7, 11) is 0. The maximum Gasteiger partial charge on any atom is 0.323 e. The Morgan fingerprint density at radius 3 is 1.65 bits per heavy atom. The highest BCUT2D eigenvalue weighted by Crippen LogP contribution is 2.14. The Hall–Kier alpha value is -2.53. The molecule has 0 radical (unpaired) electrons. The Morgan fingerprint density at radius 1 is 0.735 bits per heavy atom. The van der Waals surface area contributed by atoms with Crippen LogP contribution in [0.3, 0.4) is 0 Å². The molecule has 0 aliphatic carbocycles. The molecule has 2 aromatic rings. The summed E-state index contributed by atoms with van der Waals surface area (Å²) < 4.78 is 5.41. The zero-order valence-electron chi connectivity index (χ0n) is 21.1. The average Bonchev–Trinajstić information content (AvgIpc) is 2.88. The van der Waals surface area contributed by atoms with E-state index >= 15 is 0 Å². The minimum absolute atomic E-state index is 0.202. The molecule has 0 bridgehead atoms. The van der Waals surface area contributed by atoms with Gasteiger partial charge in [-0.2, -0.15) is 15.0 Å². The van der Waals surface area contributed by atoms with E-state index < -0.39 is 0 Å². The van der Waals surface area contributed by atoms with Crippen LogP contribution in [0.25, 0.3) is 0 Å². The highest BCUT2D eigenvalue weighted by Gasteiger charge is 2.13. The fourth-order valence-corrected chi connectivity index (χ4v) is 3.52. The SMILES string of the molecule is CC[N+]([O-])(CC)CCCNc1nc(NCCC[N+]([O-])(CC)CC)nc(OCc2ccccc2)n1. The topological polar surface area (TPSA) is 118 Å². The van der Waals surface area contributed by atoms with Crippen LogP contribution in [0.4, 0.5) is 11.9 Å². The number of benzene rings is 1. The molecule has 34 heavy (non-hydrogen) atoms. The number of anilines is 2. The standard InChI is InChI=1S/C24H41N7O3/c1-5-30(32,6-2)18-12-16-25-22-27-23(26-17-13-19-31(33,7-3)8-4)29-24(28-22)34-20-21-14-10-9-11-15-21/h9-11,14-15H,5-8,12-13,16-20H2,1-4H3,(H2,25,26,27,28,29). The summed E-state index contributed by atoms with van der Waals surface area (Å²) in [5, 5.41) is 31.3. The number of ether oxygens (including phenoxy) is 1. The molecule has 2 rings (SSSR count). The van der Waals surface area contributed by atoms with Crippen molar-refractivity contribution in [2.45, 2.75) is 47.1 Å². The molecule has 0 aliphatic rings. The third-order valence-electron chi connectivity index (χ3n) is 6.18. The van der Waals surface area contributed by atoms with E-state index in [1.807, 2.05) is 58.0 Å². The fourth-order valence-electron chi connectivity index (χ4n) is 3.52. The van der Waals surface area contributed by atoms with Gasteiger partial charge in [0.25, 0.3) is 0 Å². The summed E-state index contributed by atoms with van der Waals surface area (Å²) in [6.45, 7) is 12.5. The lowest BCUT2D eigenvalue weighted by Gasteiger charge is -2.41. The molecule has 10 nitrogen and oxygen atoms in total. The number of hydroxylamine groups is 6. The van der Waals surface area contributed by atoms with Gasteiger partial charge < -0.3 is 35.1 Å². The normalized spacial score (nSPS) is 11.9. The van der Waals surface area contributed by atoms with E-state index in [0.717, 1.165) is 5.56 Å². The van der Waals surface area contributed by atoms with Gasteiger partial charge in [0, 0.05) is 25.9 Å². The maximum atomic E-state index is 12.5. The van der Waals surface area contributed by atoms with Crippen LogP contribution in [-0.4, -0.2) is 76.6 Å². The first-order valence-corrected chi connectivity index (χ1v) is 12.4. The van der Waals surface area contributed by atoms with E-state index in [9.17, 15) is 10.4 Å². The average molecular weight is 476 g/mol. The van der Waals surface area contributed by atoms with Gasteiger partial charge in [-0.3, -0.25) is 0 Å². The minimum Gasteiger partial charge on any atom is -0.633 e. The van der Waals surface area contributed by atoms with Crippen LogP contribution >= 0.6 is 0 Å². The van der Waals surface area contributed by atoms with Gasteiger partial charge in [0.1, 0.15) is 6.61 Å². The molecule has 0 unspecified atom stereocenters. The number of nitrogens with one attached hydrogen (secondary N) is 2. The van der Waals surface area contributed by atoms with Gasteiger partial charge in [-0.05, 0) is 33.3 Å². The summed E-state index contributed by atoms with van der Waals surface area (Å²) in [6, 6.07) is 10.0. The van der Waals surface area contributed by atoms with Crippen LogP contribution in [0.1, 0.15) is 46.1 Å². The number of nitrogens with zero attached hydrogens (tertiary/aromatic N) is 5. The Morgan fingerprint density at radius 2 is 1.21 bits per heavy atom. The van der Waals surface area contributed by atoms with Crippen LogP contribution in [0.5, 0.6) is 6.01 Å². The van der Waals surface area contributed by atoms with Crippen molar-refractivity contribution < 1.29 is 14.0 Å². The second-order valence-corrected chi connectivity index (χ2v) is 8.43. The molecule has 1 aromatic carbocycles. The Kier molecular flexibility index (Phi) is 11.4. The lowest BCUT2D eigenvalue weighted by atomic mass is 10.2. The second kappa shape index (κ2) is 14.0. The molecule has 1 aromatic heterocycles. The van der Waals surface area contributed by atoms with Crippen molar-refractivity contribution in [1.82, 2.24) is 15.0 Å². The smallest absolute Gasteiger partial charge is 0.323 e.